The maximum atomic E-state index is 15.0. The molecular weight excluding hydrogens is 594 g/mol. The molecule has 240 valence electrons. The minimum absolute atomic E-state index is 0.0963. The lowest BCUT2D eigenvalue weighted by Crippen LogP contribution is -2.39. The molecule has 7 rings (SSSR count). The molecule has 5 heterocycles. The Morgan fingerprint density at radius 1 is 1.00 bits per heavy atom. The van der Waals surface area contributed by atoms with Crippen LogP contribution in [-0.2, 0) is 30.4 Å². The molecule has 2 aromatic heterocycles. The standard InChI is InChI=1S/C36H37F4N5O/c1-23-15-29-19-28(21-44-14-10-35(22-44)8-12-43(2)13-9-35)42-45(29)34(26-5-6-30(31(37)18-26)36(38,39)40)33(23)32(46)17-24-3-4-27-20-41-11-7-25(27)16-24/h3-7,11,16,18-20,34H,8-10,12-15,17,21-22H2,1-2H3. The van der Waals surface area contributed by atoms with E-state index in [2.05, 4.69) is 21.8 Å². The number of rotatable bonds is 6. The number of carbonyl (C=O) groups excluding carboxylic acids is 1. The van der Waals surface area contributed by atoms with Crippen LogP contribution in [-0.4, -0.2) is 63.6 Å². The van der Waals surface area contributed by atoms with E-state index in [1.165, 1.54) is 18.9 Å². The molecule has 1 atom stereocenters. The average molecular weight is 632 g/mol. The van der Waals surface area contributed by atoms with Gasteiger partial charge in [-0.05, 0) is 99.1 Å². The molecule has 3 aliphatic heterocycles. The number of aromatic nitrogens is 3. The van der Waals surface area contributed by atoms with Crippen LogP contribution in [0, 0.1) is 11.2 Å². The molecule has 4 aromatic rings. The summed E-state index contributed by atoms with van der Waals surface area (Å²) >= 11 is 0. The quantitative estimate of drug-likeness (QED) is 0.220. The van der Waals surface area contributed by atoms with Gasteiger partial charge in [0.15, 0.2) is 5.78 Å². The van der Waals surface area contributed by atoms with Crippen molar-refractivity contribution < 1.29 is 22.4 Å². The first-order valence-electron chi connectivity index (χ1n) is 15.9. The second-order valence-corrected chi connectivity index (χ2v) is 13.5. The first-order chi connectivity index (χ1) is 22.0. The van der Waals surface area contributed by atoms with Crippen LogP contribution in [0.25, 0.3) is 10.8 Å². The molecule has 0 radical (unpaired) electrons. The van der Waals surface area contributed by atoms with Crippen molar-refractivity contribution in [2.75, 3.05) is 33.2 Å². The van der Waals surface area contributed by atoms with Gasteiger partial charge in [0.25, 0.3) is 0 Å². The Bertz CT molecular complexity index is 1840. The number of ketones is 1. The Labute approximate surface area is 265 Å². The number of piperidine rings is 1. The van der Waals surface area contributed by atoms with Gasteiger partial charge in [0.1, 0.15) is 11.9 Å². The van der Waals surface area contributed by atoms with Crippen LogP contribution in [0.4, 0.5) is 17.6 Å². The van der Waals surface area contributed by atoms with Gasteiger partial charge >= 0.3 is 6.18 Å². The Hall–Kier alpha value is -3.89. The second-order valence-electron chi connectivity index (χ2n) is 13.5. The minimum Gasteiger partial charge on any atom is -0.306 e. The number of halogens is 4. The molecule has 0 bridgehead atoms. The third kappa shape index (κ3) is 5.88. The fourth-order valence-electron chi connectivity index (χ4n) is 7.69. The maximum absolute atomic E-state index is 15.0. The molecule has 1 spiro atoms. The van der Waals surface area contributed by atoms with Crippen molar-refractivity contribution in [1.29, 1.82) is 0 Å². The van der Waals surface area contributed by atoms with E-state index in [1.54, 1.807) is 17.1 Å². The van der Waals surface area contributed by atoms with E-state index in [0.717, 1.165) is 78.0 Å². The van der Waals surface area contributed by atoms with Gasteiger partial charge in [-0.1, -0.05) is 29.8 Å². The number of hydrogen-bond donors (Lipinski definition) is 0. The highest BCUT2D eigenvalue weighted by Crippen LogP contribution is 2.42. The molecule has 0 amide bonds. The van der Waals surface area contributed by atoms with Gasteiger partial charge in [-0.25, -0.2) is 4.39 Å². The van der Waals surface area contributed by atoms with E-state index in [-0.39, 0.29) is 17.8 Å². The monoisotopic (exact) mass is 631 g/mol. The van der Waals surface area contributed by atoms with Gasteiger partial charge in [-0.2, -0.15) is 18.3 Å². The Kier molecular flexibility index (Phi) is 7.84. The third-order valence-corrected chi connectivity index (χ3v) is 10.2. The highest BCUT2D eigenvalue weighted by atomic mass is 19.4. The average Bonchev–Trinajstić information content (AvgIpc) is 3.60. The SMILES string of the molecule is CC1=C(C(=O)Cc2ccc3cnccc3c2)C(c2ccc(C(F)(F)F)c(F)c2)n2nc(CN3CCC4(CCN(C)CC4)C3)cc2C1. The molecule has 0 saturated carbocycles. The van der Waals surface area contributed by atoms with Gasteiger partial charge in [-0.15, -0.1) is 0 Å². The summed E-state index contributed by atoms with van der Waals surface area (Å²) in [5.74, 6) is -1.53. The summed E-state index contributed by atoms with van der Waals surface area (Å²) < 4.78 is 57.2. The first kappa shape index (κ1) is 30.7. The lowest BCUT2D eigenvalue weighted by Gasteiger charge is -2.37. The fraction of sp³-hybridized carbons (Fsp3) is 0.417. The summed E-state index contributed by atoms with van der Waals surface area (Å²) in [6.07, 6.45) is 2.74. The molecule has 3 aliphatic rings. The van der Waals surface area contributed by atoms with E-state index in [0.29, 0.717) is 24.0 Å². The summed E-state index contributed by atoms with van der Waals surface area (Å²) in [6.45, 7) is 6.75. The molecule has 2 aromatic carbocycles. The molecule has 2 fully saturated rings. The molecular formula is C36H37F4N5O. The number of nitrogens with zero attached hydrogens (tertiary/aromatic N) is 5. The van der Waals surface area contributed by atoms with E-state index in [9.17, 15) is 18.0 Å². The topological polar surface area (TPSA) is 54.3 Å². The van der Waals surface area contributed by atoms with E-state index >= 15 is 4.39 Å². The lowest BCUT2D eigenvalue weighted by molar-refractivity contribution is -0.140. The van der Waals surface area contributed by atoms with Crippen molar-refractivity contribution >= 4 is 16.6 Å². The number of hydrogen-bond acceptors (Lipinski definition) is 5. The second kappa shape index (κ2) is 11.7. The summed E-state index contributed by atoms with van der Waals surface area (Å²) in [6, 6.07) is 11.8. The lowest BCUT2D eigenvalue weighted by atomic mass is 9.78. The van der Waals surface area contributed by atoms with Crippen LogP contribution in [0.3, 0.4) is 0 Å². The zero-order chi connectivity index (χ0) is 32.2. The number of pyridine rings is 1. The summed E-state index contributed by atoms with van der Waals surface area (Å²) in [5, 5.41) is 6.88. The summed E-state index contributed by atoms with van der Waals surface area (Å²) in [5.41, 5.74) is 3.05. The van der Waals surface area contributed by atoms with Gasteiger partial charge in [0.2, 0.25) is 0 Å². The van der Waals surface area contributed by atoms with Crippen LogP contribution in [0.5, 0.6) is 0 Å². The number of Topliss-reactive ketones (excluding diaryl/α,β-unsaturated/α-hetero) is 1. The number of alkyl halides is 3. The molecule has 0 N–H and O–H groups in total. The van der Waals surface area contributed by atoms with Crippen LogP contribution >= 0.6 is 0 Å². The molecule has 2 saturated heterocycles. The van der Waals surface area contributed by atoms with Crippen LogP contribution in [0.15, 0.2) is 72.1 Å². The van der Waals surface area contributed by atoms with E-state index in [1.807, 2.05) is 37.3 Å². The third-order valence-electron chi connectivity index (χ3n) is 10.2. The van der Waals surface area contributed by atoms with Crippen LogP contribution in [0.2, 0.25) is 0 Å². The van der Waals surface area contributed by atoms with Crippen molar-refractivity contribution in [2.24, 2.45) is 5.41 Å². The molecule has 46 heavy (non-hydrogen) atoms. The molecule has 6 nitrogen and oxygen atoms in total. The number of benzene rings is 2. The van der Waals surface area contributed by atoms with Gasteiger partial charge < -0.3 is 4.90 Å². The smallest absolute Gasteiger partial charge is 0.306 e. The first-order valence-corrected chi connectivity index (χ1v) is 15.9. The number of carbonyl (C=O) groups is 1. The van der Waals surface area contributed by atoms with Gasteiger partial charge in [-0.3, -0.25) is 19.4 Å². The van der Waals surface area contributed by atoms with Crippen molar-refractivity contribution in [2.45, 2.75) is 57.8 Å². The Balaban J connectivity index is 1.21. The van der Waals surface area contributed by atoms with Crippen LogP contribution < -0.4 is 0 Å². The Morgan fingerprint density at radius 3 is 2.54 bits per heavy atom. The highest BCUT2D eigenvalue weighted by molar-refractivity contribution is 5.99. The van der Waals surface area contributed by atoms with Crippen LogP contribution in [0.1, 0.15) is 60.3 Å². The van der Waals surface area contributed by atoms with E-state index < -0.39 is 23.6 Å². The zero-order valence-electron chi connectivity index (χ0n) is 26.1. The molecule has 0 aliphatic carbocycles. The minimum atomic E-state index is -4.82. The summed E-state index contributed by atoms with van der Waals surface area (Å²) in [4.78, 5) is 23.1. The largest absolute Gasteiger partial charge is 0.419 e. The number of fused-ring (bicyclic) bond motifs is 2. The molecule has 10 heteroatoms. The van der Waals surface area contributed by atoms with E-state index in [4.69, 9.17) is 5.10 Å². The summed E-state index contributed by atoms with van der Waals surface area (Å²) in [7, 11) is 2.17. The predicted molar refractivity (Wildman–Crippen MR) is 168 cm³/mol. The maximum Gasteiger partial charge on any atom is 0.419 e. The fourth-order valence-corrected chi connectivity index (χ4v) is 7.69. The molecule has 1 unspecified atom stereocenters. The zero-order valence-corrected chi connectivity index (χ0v) is 26.1. The van der Waals surface area contributed by atoms with Crippen molar-refractivity contribution in [3.05, 3.63) is 106 Å². The normalized spacial score (nSPS) is 20.5. The Morgan fingerprint density at radius 2 is 1.78 bits per heavy atom. The number of allylic oxidation sites excluding steroid dienone is 2. The van der Waals surface area contributed by atoms with Crippen molar-refractivity contribution in [3.8, 4) is 0 Å². The predicted octanol–water partition coefficient (Wildman–Crippen LogP) is 6.78. The van der Waals surface area contributed by atoms with Gasteiger partial charge in [0.05, 0.1) is 11.3 Å². The van der Waals surface area contributed by atoms with Gasteiger partial charge in [0, 0.05) is 55.0 Å². The van der Waals surface area contributed by atoms with Crippen molar-refractivity contribution in [1.82, 2.24) is 24.6 Å². The highest BCUT2D eigenvalue weighted by Gasteiger charge is 2.41. The number of likely N-dealkylation sites (tertiary alicyclic amines) is 2. The van der Waals surface area contributed by atoms with Crippen molar-refractivity contribution in [3.63, 3.8) is 0 Å².